The molecule has 13 rings (SSSR count). The van der Waals surface area contributed by atoms with E-state index in [9.17, 15) is 0 Å². The van der Waals surface area contributed by atoms with E-state index in [0.29, 0.717) is 5.41 Å². The van der Waals surface area contributed by atoms with Gasteiger partial charge < -0.3 is 4.90 Å². The van der Waals surface area contributed by atoms with Crippen LogP contribution < -0.4 is 4.90 Å². The first-order valence-corrected chi connectivity index (χ1v) is 22.6. The van der Waals surface area contributed by atoms with E-state index in [0.717, 1.165) is 23.7 Å². The number of benzene rings is 7. The van der Waals surface area contributed by atoms with Crippen molar-refractivity contribution in [3.05, 3.63) is 174 Å². The fraction of sp³-hybridized carbons (Fsp3) is 0.310. The van der Waals surface area contributed by atoms with Crippen LogP contribution in [0.5, 0.6) is 0 Å². The lowest BCUT2D eigenvalue weighted by molar-refractivity contribution is -0.231. The molecule has 6 aliphatic carbocycles. The van der Waals surface area contributed by atoms with Gasteiger partial charge in [0.2, 0.25) is 0 Å². The minimum atomic E-state index is 0.130. The van der Waals surface area contributed by atoms with E-state index in [1.54, 1.807) is 11.1 Å². The molecule has 1 heteroatoms. The summed E-state index contributed by atoms with van der Waals surface area (Å²) in [6.07, 6.45) is 8.26. The third-order valence-electron chi connectivity index (χ3n) is 17.4. The normalized spacial score (nSPS) is 28.0. The number of rotatable bonds is 5. The average molecular weight is 764 g/mol. The number of nitrogens with zero attached hydrogens (tertiary/aromatic N) is 1. The molecule has 2 spiro atoms. The zero-order valence-corrected chi connectivity index (χ0v) is 34.9. The van der Waals surface area contributed by atoms with Crippen LogP contribution in [0.2, 0.25) is 0 Å². The summed E-state index contributed by atoms with van der Waals surface area (Å²) in [6, 6.07) is 58.4. The predicted octanol–water partition coefficient (Wildman–Crippen LogP) is 15.3. The maximum atomic E-state index is 2.58. The second-order valence-electron chi connectivity index (χ2n) is 20.8. The van der Waals surface area contributed by atoms with Gasteiger partial charge in [-0.15, -0.1) is 0 Å². The van der Waals surface area contributed by atoms with Gasteiger partial charge in [-0.25, -0.2) is 0 Å². The van der Waals surface area contributed by atoms with Crippen LogP contribution in [-0.2, 0) is 16.2 Å². The zero-order valence-electron chi connectivity index (χ0n) is 34.9. The molecule has 0 N–H and O–H groups in total. The molecule has 7 aromatic carbocycles. The molecule has 7 aromatic rings. The maximum absolute atomic E-state index is 2.58. The number of hydrogen-bond donors (Lipinski definition) is 0. The Kier molecular flexibility index (Phi) is 6.81. The SMILES string of the molecule is CC1(C)CCC(C)(C)c2c(-c3ccc(N(c4ccc(-c5cccc6ccccc56)cc4)c4cccc5c4-c4ccccc4C54C5CC6CC7CC4C75C6)cc3)cccc21. The molecule has 0 radical (unpaired) electrons. The number of hydrogen-bond acceptors (Lipinski definition) is 1. The highest BCUT2D eigenvalue weighted by Crippen LogP contribution is 2.89. The molecule has 1 nitrogen and oxygen atoms in total. The van der Waals surface area contributed by atoms with Crippen molar-refractivity contribution in [2.75, 3.05) is 4.90 Å². The van der Waals surface area contributed by atoms with Gasteiger partial charge in [-0.1, -0.05) is 149 Å². The minimum Gasteiger partial charge on any atom is -0.310 e. The maximum Gasteiger partial charge on any atom is 0.0543 e. The first kappa shape index (κ1) is 34.5. The van der Waals surface area contributed by atoms with Crippen LogP contribution in [0, 0.1) is 29.1 Å². The number of fused-ring (bicyclic) bond motifs is 10. The molecule has 0 aromatic heterocycles. The Labute approximate surface area is 350 Å². The van der Waals surface area contributed by atoms with E-state index in [-0.39, 0.29) is 16.2 Å². The van der Waals surface area contributed by atoms with Gasteiger partial charge in [0.15, 0.2) is 0 Å². The first-order chi connectivity index (χ1) is 28.7. The van der Waals surface area contributed by atoms with Crippen molar-refractivity contribution in [2.45, 2.75) is 82.5 Å². The van der Waals surface area contributed by atoms with Crippen molar-refractivity contribution in [3.8, 4) is 33.4 Å². The van der Waals surface area contributed by atoms with Crippen LogP contribution in [-0.4, -0.2) is 0 Å². The van der Waals surface area contributed by atoms with Gasteiger partial charge in [-0.05, 0) is 170 Å². The van der Waals surface area contributed by atoms with E-state index in [1.807, 2.05) is 0 Å². The smallest absolute Gasteiger partial charge is 0.0543 e. The first-order valence-electron chi connectivity index (χ1n) is 22.6. The highest BCUT2D eigenvalue weighted by Gasteiger charge is 2.84. The lowest BCUT2D eigenvalue weighted by Gasteiger charge is -2.76. The summed E-state index contributed by atoms with van der Waals surface area (Å²) in [7, 11) is 0. The highest BCUT2D eigenvalue weighted by molar-refractivity contribution is 5.99. The molecule has 0 aliphatic heterocycles. The molecular weight excluding hydrogens is 711 g/mol. The largest absolute Gasteiger partial charge is 0.310 e. The average Bonchev–Trinajstić information content (AvgIpc) is 3.90. The fourth-order valence-corrected chi connectivity index (χ4v) is 15.0. The van der Waals surface area contributed by atoms with E-state index in [4.69, 9.17) is 0 Å². The summed E-state index contributed by atoms with van der Waals surface area (Å²) in [4.78, 5) is 2.58. The predicted molar refractivity (Wildman–Crippen MR) is 246 cm³/mol. The van der Waals surface area contributed by atoms with Crippen molar-refractivity contribution in [2.24, 2.45) is 29.1 Å². The fourth-order valence-electron chi connectivity index (χ4n) is 15.0. The minimum absolute atomic E-state index is 0.130. The Morgan fingerprint density at radius 1 is 0.492 bits per heavy atom. The molecule has 4 saturated carbocycles. The summed E-state index contributed by atoms with van der Waals surface area (Å²) in [6.45, 7) is 9.77. The summed E-state index contributed by atoms with van der Waals surface area (Å²) >= 11 is 0. The van der Waals surface area contributed by atoms with E-state index in [1.165, 1.54) is 111 Å². The van der Waals surface area contributed by atoms with E-state index in [2.05, 4.69) is 184 Å². The summed E-state index contributed by atoms with van der Waals surface area (Å²) in [5.41, 5.74) is 19.2. The Morgan fingerprint density at radius 3 is 1.88 bits per heavy atom. The second kappa shape index (κ2) is 11.7. The van der Waals surface area contributed by atoms with Crippen molar-refractivity contribution >= 4 is 27.8 Å². The van der Waals surface area contributed by atoms with Gasteiger partial charge in [0.1, 0.15) is 0 Å². The van der Waals surface area contributed by atoms with Crippen LogP contribution in [0.4, 0.5) is 17.1 Å². The van der Waals surface area contributed by atoms with Crippen LogP contribution in [0.3, 0.4) is 0 Å². The highest BCUT2D eigenvalue weighted by atomic mass is 15.1. The molecular formula is C58H53N. The van der Waals surface area contributed by atoms with Gasteiger partial charge in [-0.3, -0.25) is 0 Å². The van der Waals surface area contributed by atoms with Crippen molar-refractivity contribution in [1.82, 2.24) is 0 Å². The van der Waals surface area contributed by atoms with Crippen LogP contribution in [0.25, 0.3) is 44.2 Å². The van der Waals surface area contributed by atoms with Crippen molar-refractivity contribution in [3.63, 3.8) is 0 Å². The van der Waals surface area contributed by atoms with Crippen LogP contribution >= 0.6 is 0 Å². The molecule has 0 saturated heterocycles. The Hall–Kier alpha value is -5.40. The zero-order chi connectivity index (χ0) is 39.5. The molecule has 6 unspecified atom stereocenters. The quantitative estimate of drug-likeness (QED) is 0.169. The lowest BCUT2D eigenvalue weighted by atomic mass is 9.27. The van der Waals surface area contributed by atoms with Crippen LogP contribution in [0.1, 0.15) is 88.5 Å². The monoisotopic (exact) mass is 763 g/mol. The topological polar surface area (TPSA) is 3.24 Å². The van der Waals surface area contributed by atoms with Crippen molar-refractivity contribution in [1.29, 1.82) is 0 Å². The Balaban J connectivity index is 0.983. The molecule has 290 valence electrons. The Bertz CT molecular complexity index is 2870. The van der Waals surface area contributed by atoms with Gasteiger partial charge in [-0.2, -0.15) is 0 Å². The van der Waals surface area contributed by atoms with E-state index < -0.39 is 0 Å². The second-order valence-corrected chi connectivity index (χ2v) is 20.8. The number of anilines is 3. The van der Waals surface area contributed by atoms with Gasteiger partial charge >= 0.3 is 0 Å². The molecule has 4 fully saturated rings. The molecule has 6 aliphatic rings. The molecule has 0 heterocycles. The van der Waals surface area contributed by atoms with Crippen LogP contribution in [0.15, 0.2) is 152 Å². The third kappa shape index (κ3) is 4.32. The lowest BCUT2D eigenvalue weighted by Crippen LogP contribution is -2.73. The van der Waals surface area contributed by atoms with Gasteiger partial charge in [0.25, 0.3) is 0 Å². The van der Waals surface area contributed by atoms with Crippen molar-refractivity contribution < 1.29 is 0 Å². The molecule has 2 bridgehead atoms. The standard InChI is InChI=1S/C58H53N/c1-55(2)30-31-56(3,4)54-45(17-10-20-49(54)55)39-24-28-42(29-25-39)59(41-26-22-38(23-27-41)44-16-9-13-37-12-5-6-14-43(37)44)50-21-11-19-48-53(50)46-15-7-8-18-47(46)58(48)51-33-36-32-40-34-52(58)57(40,51)35-36/h5-29,36,40,51-52H,30-35H2,1-4H3. The Morgan fingerprint density at radius 2 is 1.08 bits per heavy atom. The van der Waals surface area contributed by atoms with Gasteiger partial charge in [0, 0.05) is 22.4 Å². The molecule has 0 amide bonds. The molecule has 59 heavy (non-hydrogen) atoms. The summed E-state index contributed by atoms with van der Waals surface area (Å²) < 4.78 is 0. The third-order valence-corrected chi connectivity index (χ3v) is 17.4. The summed E-state index contributed by atoms with van der Waals surface area (Å²) in [5.74, 6) is 3.49. The van der Waals surface area contributed by atoms with Gasteiger partial charge in [0.05, 0.1) is 5.69 Å². The summed E-state index contributed by atoms with van der Waals surface area (Å²) in [5, 5.41) is 2.57. The van der Waals surface area contributed by atoms with E-state index >= 15 is 0 Å². The molecule has 6 atom stereocenters.